The van der Waals surface area contributed by atoms with Crippen LogP contribution in [0.4, 0.5) is 11.4 Å². The predicted octanol–water partition coefficient (Wildman–Crippen LogP) is 2.86. The van der Waals surface area contributed by atoms with Crippen LogP contribution < -0.4 is 10.2 Å². The molecule has 1 heterocycles. The molecule has 1 aliphatic heterocycles. The van der Waals surface area contributed by atoms with E-state index in [0.717, 1.165) is 6.04 Å². The molecule has 1 saturated carbocycles. The Balaban J connectivity index is 1.75. The van der Waals surface area contributed by atoms with E-state index in [4.69, 9.17) is 0 Å². The van der Waals surface area contributed by atoms with Crippen LogP contribution in [0, 0.1) is 0 Å². The second-order valence-corrected chi connectivity index (χ2v) is 4.66. The molecule has 0 radical (unpaired) electrons. The van der Waals surface area contributed by atoms with Gasteiger partial charge in [-0.1, -0.05) is 6.07 Å². The van der Waals surface area contributed by atoms with Gasteiger partial charge in [0.1, 0.15) is 0 Å². The monoisotopic (exact) mass is 202 g/mol. The Morgan fingerprint density at radius 3 is 2.67 bits per heavy atom. The Kier molecular flexibility index (Phi) is 2.28. The Morgan fingerprint density at radius 1 is 1.13 bits per heavy atom. The summed E-state index contributed by atoms with van der Waals surface area (Å²) in [4.78, 5) is 2.48. The first kappa shape index (κ1) is 9.08. The molecule has 80 valence electrons. The molecule has 1 saturated heterocycles. The van der Waals surface area contributed by atoms with E-state index in [1.807, 2.05) is 0 Å². The van der Waals surface area contributed by atoms with Crippen LogP contribution in [0.2, 0.25) is 0 Å². The highest BCUT2D eigenvalue weighted by molar-refractivity contribution is 5.59. The average molecular weight is 202 g/mol. The van der Waals surface area contributed by atoms with Crippen LogP contribution in [0.25, 0.3) is 0 Å². The second-order valence-electron chi connectivity index (χ2n) is 4.66. The number of nitrogens with zero attached hydrogens (tertiary/aromatic N) is 1. The van der Waals surface area contributed by atoms with E-state index in [2.05, 4.69) is 34.5 Å². The number of rotatable bonds is 3. The minimum Gasteiger partial charge on any atom is -0.382 e. The Morgan fingerprint density at radius 2 is 1.93 bits per heavy atom. The third-order valence-corrected chi connectivity index (χ3v) is 3.27. The lowest BCUT2D eigenvalue weighted by Crippen LogP contribution is -2.17. The van der Waals surface area contributed by atoms with Gasteiger partial charge in [0.05, 0.1) is 0 Å². The molecule has 2 heteroatoms. The third-order valence-electron chi connectivity index (χ3n) is 3.27. The molecule has 0 aromatic heterocycles. The molecule has 2 fully saturated rings. The van der Waals surface area contributed by atoms with Gasteiger partial charge in [-0.3, -0.25) is 0 Å². The maximum atomic E-state index is 3.55. The Labute approximate surface area is 91.3 Å². The van der Waals surface area contributed by atoms with Crippen LogP contribution in [-0.2, 0) is 0 Å². The van der Waals surface area contributed by atoms with Crippen molar-refractivity contribution < 1.29 is 0 Å². The molecule has 2 nitrogen and oxygen atoms in total. The number of hydrogen-bond donors (Lipinski definition) is 1. The van der Waals surface area contributed by atoms with E-state index in [9.17, 15) is 0 Å². The van der Waals surface area contributed by atoms with Crippen molar-refractivity contribution in [2.24, 2.45) is 0 Å². The summed E-state index contributed by atoms with van der Waals surface area (Å²) < 4.78 is 0. The fourth-order valence-electron chi connectivity index (χ4n) is 2.23. The molecular formula is C13H18N2. The van der Waals surface area contributed by atoms with Gasteiger partial charge in [0, 0.05) is 30.5 Å². The molecule has 0 spiro atoms. The third kappa shape index (κ3) is 2.09. The molecule has 1 aromatic carbocycles. The van der Waals surface area contributed by atoms with Gasteiger partial charge in [-0.05, 0) is 43.9 Å². The normalized spacial score (nSPS) is 20.7. The lowest BCUT2D eigenvalue weighted by Gasteiger charge is -2.18. The highest BCUT2D eigenvalue weighted by atomic mass is 15.1. The first-order valence-corrected chi connectivity index (χ1v) is 6.03. The van der Waals surface area contributed by atoms with Gasteiger partial charge in [-0.2, -0.15) is 0 Å². The Bertz CT molecular complexity index is 338. The molecular weight excluding hydrogens is 184 g/mol. The van der Waals surface area contributed by atoms with Gasteiger partial charge < -0.3 is 10.2 Å². The minimum absolute atomic E-state index is 0.749. The highest BCUT2D eigenvalue weighted by Gasteiger charge is 2.21. The maximum absolute atomic E-state index is 3.55. The predicted molar refractivity (Wildman–Crippen MR) is 64.5 cm³/mol. The van der Waals surface area contributed by atoms with Crippen LogP contribution >= 0.6 is 0 Å². The SMILES string of the molecule is c1cc(NC2CC2)cc(N2CCCC2)c1. The molecule has 2 aliphatic rings. The van der Waals surface area contributed by atoms with Crippen molar-refractivity contribution in [1.29, 1.82) is 0 Å². The van der Waals surface area contributed by atoms with E-state index in [1.54, 1.807) is 0 Å². The van der Waals surface area contributed by atoms with Gasteiger partial charge in [-0.25, -0.2) is 0 Å². The molecule has 0 amide bonds. The smallest absolute Gasteiger partial charge is 0.0386 e. The standard InChI is InChI=1S/C13H18N2/c1-2-9-15(8-1)13-5-3-4-12(10-13)14-11-6-7-11/h3-5,10-11,14H,1-2,6-9H2. The van der Waals surface area contributed by atoms with E-state index in [-0.39, 0.29) is 0 Å². The van der Waals surface area contributed by atoms with Gasteiger partial charge in [0.2, 0.25) is 0 Å². The number of nitrogens with one attached hydrogen (secondary N) is 1. The summed E-state index contributed by atoms with van der Waals surface area (Å²) in [6.07, 6.45) is 5.38. The Hall–Kier alpha value is -1.18. The first-order valence-electron chi connectivity index (χ1n) is 6.03. The molecule has 0 atom stereocenters. The van der Waals surface area contributed by atoms with Crippen LogP contribution in [0.3, 0.4) is 0 Å². The van der Waals surface area contributed by atoms with Crippen LogP contribution in [-0.4, -0.2) is 19.1 Å². The molecule has 1 aliphatic carbocycles. The zero-order valence-electron chi connectivity index (χ0n) is 9.08. The number of anilines is 2. The average Bonchev–Trinajstić information content (AvgIpc) is 2.91. The van der Waals surface area contributed by atoms with Crippen molar-refractivity contribution in [3.63, 3.8) is 0 Å². The maximum Gasteiger partial charge on any atom is 0.0386 e. The zero-order chi connectivity index (χ0) is 10.1. The highest BCUT2D eigenvalue weighted by Crippen LogP contribution is 2.28. The molecule has 3 rings (SSSR count). The summed E-state index contributed by atoms with van der Waals surface area (Å²) in [6.45, 7) is 2.46. The fraction of sp³-hybridized carbons (Fsp3) is 0.538. The van der Waals surface area contributed by atoms with Crippen molar-refractivity contribution in [1.82, 2.24) is 0 Å². The number of hydrogen-bond acceptors (Lipinski definition) is 2. The summed E-state index contributed by atoms with van der Waals surface area (Å²) >= 11 is 0. The molecule has 0 unspecified atom stereocenters. The topological polar surface area (TPSA) is 15.3 Å². The summed E-state index contributed by atoms with van der Waals surface area (Å²) in [7, 11) is 0. The zero-order valence-corrected chi connectivity index (χ0v) is 9.08. The lowest BCUT2D eigenvalue weighted by molar-refractivity contribution is 0.949. The molecule has 15 heavy (non-hydrogen) atoms. The van der Waals surface area contributed by atoms with Crippen molar-refractivity contribution in [3.8, 4) is 0 Å². The van der Waals surface area contributed by atoms with Crippen molar-refractivity contribution in [3.05, 3.63) is 24.3 Å². The van der Waals surface area contributed by atoms with E-state index in [0.29, 0.717) is 0 Å². The van der Waals surface area contributed by atoms with Crippen LogP contribution in [0.15, 0.2) is 24.3 Å². The van der Waals surface area contributed by atoms with Crippen LogP contribution in [0.1, 0.15) is 25.7 Å². The molecule has 0 bridgehead atoms. The molecule has 1 aromatic rings. The summed E-state index contributed by atoms with van der Waals surface area (Å²) in [5.74, 6) is 0. The minimum atomic E-state index is 0.749. The quantitative estimate of drug-likeness (QED) is 0.810. The van der Waals surface area contributed by atoms with Crippen molar-refractivity contribution >= 4 is 11.4 Å². The number of benzene rings is 1. The van der Waals surface area contributed by atoms with Crippen molar-refractivity contribution in [2.75, 3.05) is 23.3 Å². The fourth-order valence-corrected chi connectivity index (χ4v) is 2.23. The lowest BCUT2D eigenvalue weighted by atomic mass is 10.2. The largest absolute Gasteiger partial charge is 0.382 e. The van der Waals surface area contributed by atoms with E-state index in [1.165, 1.54) is 50.1 Å². The van der Waals surface area contributed by atoms with Gasteiger partial charge in [-0.15, -0.1) is 0 Å². The van der Waals surface area contributed by atoms with E-state index >= 15 is 0 Å². The van der Waals surface area contributed by atoms with Gasteiger partial charge in [0.25, 0.3) is 0 Å². The summed E-state index contributed by atoms with van der Waals surface area (Å²) in [6, 6.07) is 9.61. The summed E-state index contributed by atoms with van der Waals surface area (Å²) in [5.41, 5.74) is 2.68. The van der Waals surface area contributed by atoms with Gasteiger partial charge in [0.15, 0.2) is 0 Å². The van der Waals surface area contributed by atoms with E-state index < -0.39 is 0 Å². The second kappa shape index (κ2) is 3.76. The van der Waals surface area contributed by atoms with Crippen molar-refractivity contribution in [2.45, 2.75) is 31.7 Å². The molecule has 1 N–H and O–H groups in total. The van der Waals surface area contributed by atoms with Gasteiger partial charge >= 0.3 is 0 Å². The van der Waals surface area contributed by atoms with Crippen LogP contribution in [0.5, 0.6) is 0 Å². The summed E-state index contributed by atoms with van der Waals surface area (Å²) in [5, 5.41) is 3.55. The first-order chi connectivity index (χ1) is 7.42.